The summed E-state index contributed by atoms with van der Waals surface area (Å²) in [7, 11) is 0. The van der Waals surface area contributed by atoms with Crippen molar-refractivity contribution in [1.29, 1.82) is 0 Å². The maximum atomic E-state index is 13.2. The zero-order valence-corrected chi connectivity index (χ0v) is 10.7. The van der Waals surface area contributed by atoms with Crippen LogP contribution in [0.5, 0.6) is 0 Å². The van der Waals surface area contributed by atoms with Gasteiger partial charge in [-0.1, -0.05) is 37.3 Å². The SMILES string of the molecule is CCC(c1ccccc1)c1nc2ccc(F)cc2[nH]1. The standard InChI is InChI=1S/C16H15FN2/c1-2-13(11-6-4-3-5-7-11)16-18-14-9-8-12(17)10-15(14)19-16/h3-10,13H,2H2,1H3,(H,18,19). The summed E-state index contributed by atoms with van der Waals surface area (Å²) < 4.78 is 13.2. The molecule has 3 rings (SSSR count). The number of benzene rings is 2. The Morgan fingerprint density at radius 1 is 1.16 bits per heavy atom. The highest BCUT2D eigenvalue weighted by Crippen LogP contribution is 2.27. The molecule has 0 saturated carbocycles. The Morgan fingerprint density at radius 2 is 1.95 bits per heavy atom. The average Bonchev–Trinajstić information content (AvgIpc) is 2.83. The van der Waals surface area contributed by atoms with Crippen LogP contribution in [0.4, 0.5) is 4.39 Å². The summed E-state index contributed by atoms with van der Waals surface area (Å²) in [5, 5.41) is 0. The van der Waals surface area contributed by atoms with Crippen molar-refractivity contribution in [3.63, 3.8) is 0 Å². The molecule has 1 unspecified atom stereocenters. The number of aromatic amines is 1. The number of rotatable bonds is 3. The van der Waals surface area contributed by atoms with Crippen LogP contribution in [0.3, 0.4) is 0 Å². The van der Waals surface area contributed by atoms with E-state index in [1.807, 2.05) is 18.2 Å². The van der Waals surface area contributed by atoms with Gasteiger partial charge in [0.1, 0.15) is 11.6 Å². The molecule has 0 radical (unpaired) electrons. The molecule has 19 heavy (non-hydrogen) atoms. The average molecular weight is 254 g/mol. The number of hydrogen-bond acceptors (Lipinski definition) is 1. The van der Waals surface area contributed by atoms with Gasteiger partial charge in [0.2, 0.25) is 0 Å². The summed E-state index contributed by atoms with van der Waals surface area (Å²) in [5.41, 5.74) is 2.79. The molecule has 2 nitrogen and oxygen atoms in total. The lowest BCUT2D eigenvalue weighted by Crippen LogP contribution is -2.01. The van der Waals surface area contributed by atoms with Crippen molar-refractivity contribution in [2.24, 2.45) is 0 Å². The second-order valence-corrected chi connectivity index (χ2v) is 4.66. The van der Waals surface area contributed by atoms with Crippen molar-refractivity contribution in [2.75, 3.05) is 0 Å². The molecular weight excluding hydrogens is 239 g/mol. The van der Waals surface area contributed by atoms with Crippen molar-refractivity contribution in [2.45, 2.75) is 19.3 Å². The molecule has 1 aromatic heterocycles. The predicted octanol–water partition coefficient (Wildman–Crippen LogP) is 4.24. The molecule has 0 fully saturated rings. The molecule has 96 valence electrons. The van der Waals surface area contributed by atoms with Crippen molar-refractivity contribution in [1.82, 2.24) is 9.97 Å². The molecule has 1 heterocycles. The Labute approximate surface area is 111 Å². The molecule has 0 bridgehead atoms. The first-order chi connectivity index (χ1) is 9.28. The first kappa shape index (κ1) is 11.9. The quantitative estimate of drug-likeness (QED) is 0.744. The highest BCUT2D eigenvalue weighted by molar-refractivity contribution is 5.75. The number of imidazole rings is 1. The van der Waals surface area contributed by atoms with Crippen molar-refractivity contribution >= 4 is 11.0 Å². The van der Waals surface area contributed by atoms with Gasteiger partial charge in [-0.3, -0.25) is 0 Å². The molecule has 0 aliphatic carbocycles. The third kappa shape index (κ3) is 2.24. The maximum Gasteiger partial charge on any atom is 0.125 e. The van der Waals surface area contributed by atoms with E-state index >= 15 is 0 Å². The fourth-order valence-electron chi connectivity index (χ4n) is 2.44. The Kier molecular flexibility index (Phi) is 3.03. The lowest BCUT2D eigenvalue weighted by atomic mass is 9.96. The van der Waals surface area contributed by atoms with E-state index in [4.69, 9.17) is 0 Å². The normalized spacial score (nSPS) is 12.7. The van der Waals surface area contributed by atoms with Gasteiger partial charge >= 0.3 is 0 Å². The van der Waals surface area contributed by atoms with Crippen molar-refractivity contribution in [3.8, 4) is 0 Å². The first-order valence-electron chi connectivity index (χ1n) is 6.48. The minimum Gasteiger partial charge on any atom is -0.341 e. The molecule has 1 N–H and O–H groups in total. The minimum atomic E-state index is -0.240. The van der Waals surface area contributed by atoms with Gasteiger partial charge in [0.05, 0.1) is 11.0 Å². The molecule has 0 spiro atoms. The minimum absolute atomic E-state index is 0.219. The second kappa shape index (κ2) is 4.84. The molecule has 3 heteroatoms. The van der Waals surface area contributed by atoms with Crippen LogP contribution >= 0.6 is 0 Å². The van der Waals surface area contributed by atoms with Crippen LogP contribution in [0.15, 0.2) is 48.5 Å². The van der Waals surface area contributed by atoms with Crippen LogP contribution in [-0.2, 0) is 0 Å². The van der Waals surface area contributed by atoms with Gasteiger partial charge in [-0.25, -0.2) is 9.37 Å². The third-order valence-corrected chi connectivity index (χ3v) is 3.40. The van der Waals surface area contributed by atoms with E-state index < -0.39 is 0 Å². The maximum absolute atomic E-state index is 13.2. The van der Waals surface area contributed by atoms with Gasteiger partial charge in [-0.05, 0) is 30.2 Å². The lowest BCUT2D eigenvalue weighted by Gasteiger charge is -2.12. The Balaban J connectivity index is 2.07. The zero-order valence-electron chi connectivity index (χ0n) is 10.7. The van der Waals surface area contributed by atoms with E-state index in [1.165, 1.54) is 17.7 Å². The summed E-state index contributed by atoms with van der Waals surface area (Å²) in [6, 6.07) is 14.9. The van der Waals surface area contributed by atoms with Gasteiger partial charge < -0.3 is 4.98 Å². The van der Waals surface area contributed by atoms with Crippen LogP contribution in [-0.4, -0.2) is 9.97 Å². The zero-order chi connectivity index (χ0) is 13.2. The molecule has 0 saturated heterocycles. The number of halogens is 1. The van der Waals surface area contributed by atoms with E-state index in [9.17, 15) is 4.39 Å². The summed E-state index contributed by atoms with van der Waals surface area (Å²) in [6.45, 7) is 2.13. The van der Waals surface area contributed by atoms with E-state index in [-0.39, 0.29) is 11.7 Å². The lowest BCUT2D eigenvalue weighted by molar-refractivity contribution is 0.629. The fraction of sp³-hybridized carbons (Fsp3) is 0.188. The van der Waals surface area contributed by atoms with Crippen LogP contribution in [0, 0.1) is 5.82 Å². The van der Waals surface area contributed by atoms with Crippen LogP contribution in [0.25, 0.3) is 11.0 Å². The second-order valence-electron chi connectivity index (χ2n) is 4.66. The van der Waals surface area contributed by atoms with E-state index in [0.29, 0.717) is 0 Å². The predicted molar refractivity (Wildman–Crippen MR) is 74.6 cm³/mol. The summed E-state index contributed by atoms with van der Waals surface area (Å²) in [4.78, 5) is 7.81. The molecule has 2 aromatic carbocycles. The van der Waals surface area contributed by atoms with E-state index in [2.05, 4.69) is 29.0 Å². The van der Waals surface area contributed by atoms with Gasteiger partial charge in [-0.15, -0.1) is 0 Å². The summed E-state index contributed by atoms with van der Waals surface area (Å²) >= 11 is 0. The van der Waals surface area contributed by atoms with Gasteiger partial charge in [0.25, 0.3) is 0 Å². The number of H-pyrrole nitrogens is 1. The first-order valence-corrected chi connectivity index (χ1v) is 6.48. The highest BCUT2D eigenvalue weighted by atomic mass is 19.1. The van der Waals surface area contributed by atoms with E-state index in [1.54, 1.807) is 6.07 Å². The third-order valence-electron chi connectivity index (χ3n) is 3.40. The number of nitrogens with one attached hydrogen (secondary N) is 1. The van der Waals surface area contributed by atoms with Gasteiger partial charge in [0, 0.05) is 5.92 Å². The molecule has 0 aliphatic rings. The molecule has 0 amide bonds. The smallest absolute Gasteiger partial charge is 0.125 e. The van der Waals surface area contributed by atoms with Crippen molar-refractivity contribution in [3.05, 3.63) is 65.7 Å². The number of nitrogens with zero attached hydrogens (tertiary/aromatic N) is 1. The van der Waals surface area contributed by atoms with Crippen LogP contribution in [0.1, 0.15) is 30.7 Å². The van der Waals surface area contributed by atoms with E-state index in [0.717, 1.165) is 23.3 Å². The Bertz CT molecular complexity index is 688. The topological polar surface area (TPSA) is 28.7 Å². The number of fused-ring (bicyclic) bond motifs is 1. The number of hydrogen-bond donors (Lipinski definition) is 1. The van der Waals surface area contributed by atoms with Crippen LogP contribution in [0.2, 0.25) is 0 Å². The number of aromatic nitrogens is 2. The summed E-state index contributed by atoms with van der Waals surface area (Å²) in [5.74, 6) is 0.876. The van der Waals surface area contributed by atoms with Crippen molar-refractivity contribution < 1.29 is 4.39 Å². The molecule has 3 aromatic rings. The van der Waals surface area contributed by atoms with Gasteiger partial charge in [-0.2, -0.15) is 0 Å². The molecule has 1 atom stereocenters. The highest BCUT2D eigenvalue weighted by Gasteiger charge is 2.16. The Hall–Kier alpha value is -2.16. The van der Waals surface area contributed by atoms with Crippen LogP contribution < -0.4 is 0 Å². The fourth-order valence-corrected chi connectivity index (χ4v) is 2.44. The molecular formula is C16H15FN2. The summed E-state index contributed by atoms with van der Waals surface area (Å²) in [6.07, 6.45) is 0.951. The monoisotopic (exact) mass is 254 g/mol. The molecule has 0 aliphatic heterocycles. The Morgan fingerprint density at radius 3 is 2.68 bits per heavy atom. The largest absolute Gasteiger partial charge is 0.341 e. The van der Waals surface area contributed by atoms with Gasteiger partial charge in [0.15, 0.2) is 0 Å².